The van der Waals surface area contributed by atoms with Crippen LogP contribution >= 0.6 is 0 Å². The predicted octanol–water partition coefficient (Wildman–Crippen LogP) is 4.89. The number of carbonyl (C=O) groups is 2. The van der Waals surface area contributed by atoms with Crippen molar-refractivity contribution in [1.82, 2.24) is 0 Å². The van der Waals surface area contributed by atoms with Crippen LogP contribution in [0.3, 0.4) is 0 Å². The first kappa shape index (κ1) is 22.9. The average Bonchev–Trinajstić information content (AvgIpc) is 2.81. The lowest BCUT2D eigenvalue weighted by atomic mass is 9.86. The summed E-state index contributed by atoms with van der Waals surface area (Å²) in [5.74, 6) is -0.992. The largest absolute Gasteiger partial charge is 0.468 e. The van der Waals surface area contributed by atoms with Gasteiger partial charge < -0.3 is 9.47 Å². The molecule has 0 saturated heterocycles. The zero-order valence-electron chi connectivity index (χ0n) is 18.2. The van der Waals surface area contributed by atoms with Crippen LogP contribution in [0.4, 0.5) is 0 Å². The lowest BCUT2D eigenvalue weighted by molar-refractivity contribution is -0.168. The molecule has 6 heteroatoms. The van der Waals surface area contributed by atoms with E-state index in [-0.39, 0.29) is 5.04 Å². The number of methoxy groups -OCH3 is 2. The highest BCUT2D eigenvalue weighted by Gasteiger charge is 2.54. The topological polar surface area (TPSA) is 52.6 Å². The van der Waals surface area contributed by atoms with Crippen molar-refractivity contribution in [1.29, 1.82) is 0 Å². The fourth-order valence-corrected chi connectivity index (χ4v) is 6.09. The van der Waals surface area contributed by atoms with E-state index in [9.17, 15) is 9.59 Å². The Morgan fingerprint density at radius 1 is 0.885 bits per heavy atom. The number of allylic oxidation sites excluding steroid dienone is 2. The Bertz CT molecular complexity index is 615. The van der Waals surface area contributed by atoms with Gasteiger partial charge in [-0.25, -0.2) is 0 Å². The van der Waals surface area contributed by atoms with Crippen molar-refractivity contribution < 1.29 is 19.1 Å². The minimum Gasteiger partial charge on any atom is -0.468 e. The van der Waals surface area contributed by atoms with E-state index in [1.807, 2.05) is 0 Å². The van der Waals surface area contributed by atoms with Crippen LogP contribution in [0.15, 0.2) is 22.5 Å². The van der Waals surface area contributed by atoms with E-state index in [1.54, 1.807) is 0 Å². The van der Waals surface area contributed by atoms with Crippen molar-refractivity contribution in [3.63, 3.8) is 0 Å². The molecule has 0 aromatic heterocycles. The van der Waals surface area contributed by atoms with Gasteiger partial charge in [-0.1, -0.05) is 76.1 Å². The van der Waals surface area contributed by atoms with Crippen LogP contribution in [-0.4, -0.2) is 42.3 Å². The maximum atomic E-state index is 12.6. The summed E-state index contributed by atoms with van der Waals surface area (Å²) in [5, 5.41) is 0.187. The molecule has 4 nitrogen and oxygen atoms in total. The predicted molar refractivity (Wildman–Crippen MR) is 112 cm³/mol. The van der Waals surface area contributed by atoms with E-state index in [1.165, 1.54) is 14.2 Å². The van der Waals surface area contributed by atoms with Crippen LogP contribution in [0.2, 0.25) is 37.8 Å². The highest BCUT2D eigenvalue weighted by Crippen LogP contribution is 2.49. The summed E-state index contributed by atoms with van der Waals surface area (Å²) in [6.45, 7) is 18.3. The van der Waals surface area contributed by atoms with Crippen LogP contribution in [0, 0.1) is 5.41 Å². The van der Waals surface area contributed by atoms with Crippen molar-refractivity contribution in [2.45, 2.75) is 71.4 Å². The van der Waals surface area contributed by atoms with E-state index in [4.69, 9.17) is 9.47 Å². The van der Waals surface area contributed by atoms with E-state index in [2.05, 4.69) is 64.9 Å². The summed E-state index contributed by atoms with van der Waals surface area (Å²) in [4.78, 5) is 25.2. The van der Waals surface area contributed by atoms with Crippen molar-refractivity contribution in [2.75, 3.05) is 14.2 Å². The minimum atomic E-state index is -1.73. The minimum absolute atomic E-state index is 0.187. The fraction of sp³-hybridized carbons (Fsp3) is 0.700. The zero-order valence-corrected chi connectivity index (χ0v) is 20.2. The van der Waals surface area contributed by atoms with Crippen LogP contribution in [0.1, 0.15) is 33.6 Å². The number of esters is 2. The van der Waals surface area contributed by atoms with Gasteiger partial charge in [0.25, 0.3) is 0 Å². The lowest BCUT2D eigenvalue weighted by Crippen LogP contribution is -2.39. The van der Waals surface area contributed by atoms with Crippen LogP contribution in [0.5, 0.6) is 0 Å². The van der Waals surface area contributed by atoms with Crippen molar-refractivity contribution in [2.24, 2.45) is 5.41 Å². The first-order valence-corrected chi connectivity index (χ1v) is 15.9. The van der Waals surface area contributed by atoms with Gasteiger partial charge in [0.1, 0.15) is 0 Å². The van der Waals surface area contributed by atoms with Crippen molar-refractivity contribution in [3.8, 4) is 0 Å². The summed E-state index contributed by atoms with van der Waals surface area (Å²) in [6, 6.07) is 0. The molecule has 0 bridgehead atoms. The Hall–Kier alpha value is -1.15. The fourth-order valence-electron chi connectivity index (χ4n) is 3.16. The quantitative estimate of drug-likeness (QED) is 0.386. The smallest absolute Gasteiger partial charge is 0.323 e. The Morgan fingerprint density at radius 2 is 1.27 bits per heavy atom. The molecule has 0 heterocycles. The molecule has 26 heavy (non-hydrogen) atoms. The maximum Gasteiger partial charge on any atom is 0.323 e. The molecule has 1 aliphatic carbocycles. The molecule has 0 atom stereocenters. The first-order valence-electron chi connectivity index (χ1n) is 9.20. The molecule has 0 aliphatic heterocycles. The molecule has 0 aromatic rings. The van der Waals surface area contributed by atoms with Gasteiger partial charge in [0.2, 0.25) is 0 Å². The number of rotatable bonds is 4. The number of hydrogen-bond acceptors (Lipinski definition) is 4. The monoisotopic (exact) mass is 396 g/mol. The van der Waals surface area contributed by atoms with Gasteiger partial charge in [-0.15, -0.1) is 0 Å². The molecule has 0 radical (unpaired) electrons. The summed E-state index contributed by atoms with van der Waals surface area (Å²) in [6.07, 6.45) is 0.742. The standard InChI is InChI=1S/C20H36O4Si2/c1-19(2,3)26(9,10)14-16-12-20(17(21)23-4,18(22)24-5)11-15(16)13-25(6,7)8/h13-14H,11-12H2,1-10H3/b15-13-,16-14-. The third kappa shape index (κ3) is 4.77. The zero-order chi connectivity index (χ0) is 20.6. The van der Waals surface area contributed by atoms with E-state index in [0.717, 1.165) is 11.1 Å². The van der Waals surface area contributed by atoms with Gasteiger partial charge in [0.05, 0.1) is 30.4 Å². The Balaban J connectivity index is 3.59. The van der Waals surface area contributed by atoms with Crippen LogP contribution in [-0.2, 0) is 19.1 Å². The van der Waals surface area contributed by atoms with E-state index in [0.29, 0.717) is 12.8 Å². The molecule has 1 rings (SSSR count). The summed E-state index contributed by atoms with van der Waals surface area (Å²) in [5.41, 5.74) is 5.72. The normalized spacial score (nSPS) is 21.2. The van der Waals surface area contributed by atoms with Gasteiger partial charge in [-0.2, -0.15) is 0 Å². The summed E-state index contributed by atoms with van der Waals surface area (Å²) in [7, 11) is -0.585. The van der Waals surface area contributed by atoms with Gasteiger partial charge in [0.15, 0.2) is 5.41 Å². The van der Waals surface area contributed by atoms with Crippen molar-refractivity contribution >= 4 is 28.1 Å². The SMILES string of the molecule is COC(=O)C1(C(=O)OC)CC(=C/[Si](C)(C)C)/C(=C\[Si](C)(C)C(C)(C)C)C1. The molecule has 148 valence electrons. The first-order chi connectivity index (χ1) is 11.6. The van der Waals surface area contributed by atoms with Crippen molar-refractivity contribution in [3.05, 3.63) is 22.5 Å². The molecule has 1 aliphatic rings. The molecule has 1 fully saturated rings. The number of hydrogen-bond donors (Lipinski definition) is 0. The van der Waals surface area contributed by atoms with Gasteiger partial charge in [-0.3, -0.25) is 9.59 Å². The molecule has 1 saturated carbocycles. The van der Waals surface area contributed by atoms with Gasteiger partial charge in [-0.05, 0) is 17.9 Å². The average molecular weight is 397 g/mol. The van der Waals surface area contributed by atoms with Crippen LogP contribution < -0.4 is 0 Å². The molecular weight excluding hydrogens is 360 g/mol. The Labute approximate surface area is 161 Å². The number of ether oxygens (including phenoxy) is 2. The molecule has 0 aromatic carbocycles. The molecule has 0 N–H and O–H groups in total. The van der Waals surface area contributed by atoms with E-state index >= 15 is 0 Å². The second-order valence-corrected chi connectivity index (χ2v) is 20.3. The third-order valence-electron chi connectivity index (χ3n) is 5.62. The van der Waals surface area contributed by atoms with E-state index < -0.39 is 33.5 Å². The van der Waals surface area contributed by atoms with Crippen LogP contribution in [0.25, 0.3) is 0 Å². The summed E-state index contributed by atoms with van der Waals surface area (Å²) >= 11 is 0. The molecule has 0 unspecified atom stereocenters. The lowest BCUT2D eigenvalue weighted by Gasteiger charge is -2.35. The second kappa shape index (κ2) is 7.46. The summed E-state index contributed by atoms with van der Waals surface area (Å²) < 4.78 is 10.0. The molecule has 0 amide bonds. The Kier molecular flexibility index (Phi) is 6.57. The highest BCUT2D eigenvalue weighted by molar-refractivity contribution is 6.85. The Morgan fingerprint density at radius 3 is 1.58 bits per heavy atom. The maximum absolute atomic E-state index is 12.6. The molecule has 0 spiro atoms. The van der Waals surface area contributed by atoms with Gasteiger partial charge >= 0.3 is 11.9 Å². The third-order valence-corrected chi connectivity index (χ3v) is 11.8. The number of carbonyl (C=O) groups excluding carboxylic acids is 2. The highest BCUT2D eigenvalue weighted by atomic mass is 28.3. The van der Waals surface area contributed by atoms with Gasteiger partial charge in [0, 0.05) is 0 Å². The molecular formula is C20H36O4Si2. The second-order valence-electron chi connectivity index (χ2n) is 10.1.